The summed E-state index contributed by atoms with van der Waals surface area (Å²) >= 11 is 1.66. The third-order valence-corrected chi connectivity index (χ3v) is 2.91. The van der Waals surface area contributed by atoms with Crippen molar-refractivity contribution in [2.75, 3.05) is 18.9 Å². The number of cyclic esters (lactones) is 1. The highest BCUT2D eigenvalue weighted by molar-refractivity contribution is 8.00. The minimum atomic E-state index is -0.0491. The zero-order valence-corrected chi connectivity index (χ0v) is 7.23. The van der Waals surface area contributed by atoms with Crippen LogP contribution in [0.4, 0.5) is 0 Å². The van der Waals surface area contributed by atoms with Crippen LogP contribution in [0.1, 0.15) is 12.8 Å². The molecule has 0 bridgehead atoms. The van der Waals surface area contributed by atoms with Crippen LogP contribution >= 0.6 is 11.8 Å². The highest BCUT2D eigenvalue weighted by Gasteiger charge is 2.25. The molecule has 64 valence electrons. The van der Waals surface area contributed by atoms with Gasteiger partial charge in [0.1, 0.15) is 5.25 Å². The van der Waals surface area contributed by atoms with Gasteiger partial charge in [0, 0.05) is 6.42 Å². The monoisotopic (exact) mass is 175 g/mol. The second-order valence-electron chi connectivity index (χ2n) is 2.46. The number of carbonyl (C=O) groups is 1. The lowest BCUT2D eigenvalue weighted by atomic mass is 10.4. The van der Waals surface area contributed by atoms with Gasteiger partial charge < -0.3 is 10.5 Å². The molecular formula is C7H13NO2S. The van der Waals surface area contributed by atoms with E-state index in [1.807, 2.05) is 0 Å². The molecule has 0 amide bonds. The Labute approximate surface area is 70.7 Å². The van der Waals surface area contributed by atoms with Gasteiger partial charge in [-0.3, -0.25) is 4.79 Å². The van der Waals surface area contributed by atoms with Crippen LogP contribution in [0.5, 0.6) is 0 Å². The van der Waals surface area contributed by atoms with Crippen molar-refractivity contribution < 1.29 is 9.53 Å². The molecule has 0 aliphatic carbocycles. The van der Waals surface area contributed by atoms with E-state index in [2.05, 4.69) is 0 Å². The summed E-state index contributed by atoms with van der Waals surface area (Å²) in [5.41, 5.74) is 5.32. The number of ether oxygens (including phenoxy) is 1. The van der Waals surface area contributed by atoms with E-state index >= 15 is 0 Å². The largest absolute Gasteiger partial charge is 0.465 e. The van der Waals surface area contributed by atoms with E-state index in [9.17, 15) is 4.79 Å². The SMILES string of the molecule is NCCCSC1CCOC1=O. The maximum absolute atomic E-state index is 10.9. The van der Waals surface area contributed by atoms with Gasteiger partial charge in [-0.15, -0.1) is 11.8 Å². The number of hydrogen-bond donors (Lipinski definition) is 1. The second-order valence-corrected chi connectivity index (χ2v) is 3.77. The number of esters is 1. The molecule has 1 fully saturated rings. The van der Waals surface area contributed by atoms with Crippen LogP contribution in [-0.2, 0) is 9.53 Å². The predicted octanol–water partition coefficient (Wildman–Crippen LogP) is 0.384. The highest BCUT2D eigenvalue weighted by atomic mass is 32.2. The average molecular weight is 175 g/mol. The molecule has 1 aliphatic rings. The first kappa shape index (κ1) is 8.87. The second kappa shape index (κ2) is 4.62. The molecule has 0 spiro atoms. The van der Waals surface area contributed by atoms with Gasteiger partial charge in [-0.25, -0.2) is 0 Å². The summed E-state index contributed by atoms with van der Waals surface area (Å²) in [5.74, 6) is 0.919. The first-order chi connectivity index (χ1) is 5.34. The Bertz CT molecular complexity index is 140. The lowest BCUT2D eigenvalue weighted by Crippen LogP contribution is -2.11. The smallest absolute Gasteiger partial charge is 0.319 e. The van der Waals surface area contributed by atoms with Crippen LogP contribution < -0.4 is 5.73 Å². The van der Waals surface area contributed by atoms with Crippen molar-refractivity contribution in [2.45, 2.75) is 18.1 Å². The minimum absolute atomic E-state index is 0.0491. The lowest BCUT2D eigenvalue weighted by molar-refractivity contribution is -0.137. The summed E-state index contributed by atoms with van der Waals surface area (Å²) < 4.78 is 4.81. The van der Waals surface area contributed by atoms with Gasteiger partial charge in [-0.05, 0) is 18.7 Å². The molecule has 1 saturated heterocycles. The summed E-state index contributed by atoms with van der Waals surface area (Å²) in [7, 11) is 0. The van der Waals surface area contributed by atoms with Crippen molar-refractivity contribution in [1.29, 1.82) is 0 Å². The summed E-state index contributed by atoms with van der Waals surface area (Å²) in [6.07, 6.45) is 1.85. The molecule has 1 rings (SSSR count). The van der Waals surface area contributed by atoms with Crippen molar-refractivity contribution >= 4 is 17.7 Å². The molecule has 0 radical (unpaired) electrons. The van der Waals surface area contributed by atoms with Gasteiger partial charge in [0.25, 0.3) is 0 Å². The van der Waals surface area contributed by atoms with E-state index in [4.69, 9.17) is 10.5 Å². The molecule has 1 unspecified atom stereocenters. The van der Waals surface area contributed by atoms with E-state index in [1.54, 1.807) is 11.8 Å². The Hall–Kier alpha value is -0.220. The maximum atomic E-state index is 10.9. The normalized spacial score (nSPS) is 23.7. The first-order valence-corrected chi connectivity index (χ1v) is 4.88. The Morgan fingerprint density at radius 2 is 2.55 bits per heavy atom. The molecule has 1 heterocycles. The van der Waals surface area contributed by atoms with Crippen molar-refractivity contribution in [2.24, 2.45) is 5.73 Å². The molecule has 0 saturated carbocycles. The van der Waals surface area contributed by atoms with Crippen LogP contribution in [-0.4, -0.2) is 30.1 Å². The summed E-state index contributed by atoms with van der Waals surface area (Å²) in [4.78, 5) is 10.9. The topological polar surface area (TPSA) is 52.3 Å². The Morgan fingerprint density at radius 1 is 1.73 bits per heavy atom. The van der Waals surface area contributed by atoms with Gasteiger partial charge in [-0.2, -0.15) is 0 Å². The van der Waals surface area contributed by atoms with Gasteiger partial charge in [0.15, 0.2) is 0 Å². The Kier molecular flexibility index (Phi) is 3.72. The van der Waals surface area contributed by atoms with Crippen molar-refractivity contribution in [3.05, 3.63) is 0 Å². The van der Waals surface area contributed by atoms with E-state index in [1.165, 1.54) is 0 Å². The fourth-order valence-corrected chi connectivity index (χ4v) is 2.02. The highest BCUT2D eigenvalue weighted by Crippen LogP contribution is 2.21. The molecule has 1 atom stereocenters. The zero-order valence-electron chi connectivity index (χ0n) is 6.41. The van der Waals surface area contributed by atoms with E-state index < -0.39 is 0 Å². The zero-order chi connectivity index (χ0) is 8.10. The number of hydrogen-bond acceptors (Lipinski definition) is 4. The maximum Gasteiger partial charge on any atom is 0.319 e. The van der Waals surface area contributed by atoms with Crippen molar-refractivity contribution in [1.82, 2.24) is 0 Å². The molecule has 2 N–H and O–H groups in total. The molecule has 0 aromatic rings. The number of carbonyl (C=O) groups excluding carboxylic acids is 1. The van der Waals surface area contributed by atoms with Gasteiger partial charge in [-0.1, -0.05) is 0 Å². The molecule has 0 aromatic heterocycles. The summed E-state index contributed by atoms with van der Waals surface area (Å²) in [5, 5.41) is 0.0848. The van der Waals surface area contributed by atoms with Gasteiger partial charge in [0.2, 0.25) is 0 Å². The average Bonchev–Trinajstić information content (AvgIpc) is 2.37. The summed E-state index contributed by atoms with van der Waals surface area (Å²) in [6.45, 7) is 1.30. The third-order valence-electron chi connectivity index (χ3n) is 1.55. The van der Waals surface area contributed by atoms with E-state index in [-0.39, 0.29) is 11.2 Å². The fraction of sp³-hybridized carbons (Fsp3) is 0.857. The minimum Gasteiger partial charge on any atom is -0.465 e. The molecular weight excluding hydrogens is 162 g/mol. The van der Waals surface area contributed by atoms with Crippen LogP contribution in [0.15, 0.2) is 0 Å². The van der Waals surface area contributed by atoms with E-state index in [0.717, 1.165) is 18.6 Å². The van der Waals surface area contributed by atoms with Gasteiger partial charge >= 0.3 is 5.97 Å². The van der Waals surface area contributed by atoms with Crippen molar-refractivity contribution in [3.8, 4) is 0 Å². The van der Waals surface area contributed by atoms with Gasteiger partial charge in [0.05, 0.1) is 6.61 Å². The molecule has 11 heavy (non-hydrogen) atoms. The number of nitrogens with two attached hydrogens (primary N) is 1. The van der Waals surface area contributed by atoms with E-state index in [0.29, 0.717) is 13.2 Å². The molecule has 0 aromatic carbocycles. The predicted molar refractivity (Wildman–Crippen MR) is 45.5 cm³/mol. The number of rotatable bonds is 4. The Balaban J connectivity index is 2.10. The molecule has 1 aliphatic heterocycles. The van der Waals surface area contributed by atoms with Crippen LogP contribution in [0, 0.1) is 0 Å². The fourth-order valence-electron chi connectivity index (χ4n) is 0.938. The Morgan fingerprint density at radius 3 is 3.09 bits per heavy atom. The number of thioether (sulfide) groups is 1. The quantitative estimate of drug-likeness (QED) is 0.496. The third kappa shape index (κ3) is 2.71. The first-order valence-electron chi connectivity index (χ1n) is 3.83. The summed E-state index contributed by atoms with van der Waals surface area (Å²) in [6, 6.07) is 0. The standard InChI is InChI=1S/C7H13NO2S/c8-3-1-5-11-6-2-4-10-7(6)9/h6H,1-5,8H2. The molecule has 3 nitrogen and oxygen atoms in total. The molecule has 4 heteroatoms. The van der Waals surface area contributed by atoms with Crippen LogP contribution in [0.25, 0.3) is 0 Å². The lowest BCUT2D eigenvalue weighted by Gasteiger charge is -2.02. The van der Waals surface area contributed by atoms with Crippen LogP contribution in [0.2, 0.25) is 0 Å². The van der Waals surface area contributed by atoms with Crippen LogP contribution in [0.3, 0.4) is 0 Å². The van der Waals surface area contributed by atoms with Crippen molar-refractivity contribution in [3.63, 3.8) is 0 Å².